The van der Waals surface area contributed by atoms with Gasteiger partial charge in [-0.25, -0.2) is 4.79 Å². The van der Waals surface area contributed by atoms with E-state index in [4.69, 9.17) is 11.6 Å². The first-order valence-electron chi connectivity index (χ1n) is 6.49. The van der Waals surface area contributed by atoms with Crippen molar-refractivity contribution in [2.45, 2.75) is 0 Å². The first-order valence-corrected chi connectivity index (χ1v) is 6.87. The van der Waals surface area contributed by atoms with Gasteiger partial charge in [-0.15, -0.1) is 0 Å². The Morgan fingerprint density at radius 2 is 1.62 bits per heavy atom. The van der Waals surface area contributed by atoms with Crippen molar-refractivity contribution >= 4 is 23.1 Å². The fraction of sp³-hybridized carbons (Fsp3) is 0.286. The molecule has 0 amide bonds. The maximum atomic E-state index is 11.8. The highest BCUT2D eigenvalue weighted by molar-refractivity contribution is 6.30. The highest BCUT2D eigenvalue weighted by atomic mass is 35.5. The number of aromatic nitrogens is 2. The molecule has 0 bridgehead atoms. The summed E-state index contributed by atoms with van der Waals surface area (Å²) >= 11 is 5.81. The van der Waals surface area contributed by atoms with Crippen LogP contribution in [0.3, 0.4) is 0 Å². The van der Waals surface area contributed by atoms with Crippen molar-refractivity contribution in [1.82, 2.24) is 9.13 Å². The molecule has 0 aliphatic rings. The number of hydrogen-bond donors (Lipinski definition) is 2. The maximum Gasteiger partial charge on any atom is 0.332 e. The molecule has 0 fully saturated rings. The molecule has 21 heavy (non-hydrogen) atoms. The van der Waals surface area contributed by atoms with Crippen molar-refractivity contribution < 1.29 is 0 Å². The van der Waals surface area contributed by atoms with Crippen LogP contribution in [-0.2, 0) is 14.1 Å². The van der Waals surface area contributed by atoms with E-state index in [-0.39, 0.29) is 11.2 Å². The Balaban J connectivity index is 1.94. The maximum absolute atomic E-state index is 11.8. The molecule has 1 aromatic carbocycles. The Hall–Kier alpha value is -2.21. The summed E-state index contributed by atoms with van der Waals surface area (Å²) in [4.78, 5) is 23.3. The van der Waals surface area contributed by atoms with Crippen LogP contribution < -0.4 is 21.9 Å². The highest BCUT2D eigenvalue weighted by Gasteiger charge is 2.04. The van der Waals surface area contributed by atoms with Crippen LogP contribution in [0.1, 0.15) is 0 Å². The molecule has 2 N–H and O–H groups in total. The molecule has 0 spiro atoms. The van der Waals surface area contributed by atoms with Crippen molar-refractivity contribution in [3.63, 3.8) is 0 Å². The SMILES string of the molecule is Cn1c(NCCNc2ccc(Cl)cc2)cc(=O)n(C)c1=O. The van der Waals surface area contributed by atoms with Gasteiger partial charge in [0.05, 0.1) is 0 Å². The number of nitrogens with zero attached hydrogens (tertiary/aromatic N) is 2. The molecule has 112 valence electrons. The zero-order chi connectivity index (χ0) is 15.4. The molecule has 1 heterocycles. The van der Waals surface area contributed by atoms with Crippen molar-refractivity contribution in [2.75, 3.05) is 23.7 Å². The zero-order valence-corrected chi connectivity index (χ0v) is 12.6. The quantitative estimate of drug-likeness (QED) is 0.816. The smallest absolute Gasteiger partial charge is 0.332 e. The largest absolute Gasteiger partial charge is 0.383 e. The van der Waals surface area contributed by atoms with Crippen LogP contribution in [0, 0.1) is 0 Å². The molecule has 0 radical (unpaired) electrons. The van der Waals surface area contributed by atoms with E-state index in [9.17, 15) is 9.59 Å². The second kappa shape index (κ2) is 6.49. The van der Waals surface area contributed by atoms with Gasteiger partial charge in [-0.2, -0.15) is 0 Å². The van der Waals surface area contributed by atoms with Gasteiger partial charge in [0.1, 0.15) is 5.82 Å². The summed E-state index contributed by atoms with van der Waals surface area (Å²) in [6, 6.07) is 8.79. The van der Waals surface area contributed by atoms with Crippen molar-refractivity contribution in [1.29, 1.82) is 0 Å². The monoisotopic (exact) mass is 308 g/mol. The number of anilines is 2. The molecule has 2 rings (SSSR count). The van der Waals surface area contributed by atoms with Gasteiger partial charge in [0.25, 0.3) is 5.56 Å². The normalized spacial score (nSPS) is 10.4. The van der Waals surface area contributed by atoms with E-state index in [0.29, 0.717) is 23.9 Å². The summed E-state index contributed by atoms with van der Waals surface area (Å²) in [7, 11) is 3.08. The summed E-state index contributed by atoms with van der Waals surface area (Å²) in [5, 5.41) is 6.96. The Morgan fingerprint density at radius 1 is 1.00 bits per heavy atom. The van der Waals surface area contributed by atoms with Crippen LogP contribution in [0.25, 0.3) is 0 Å². The third kappa shape index (κ3) is 3.66. The van der Waals surface area contributed by atoms with Gasteiger partial charge in [0, 0.05) is 44.0 Å². The van der Waals surface area contributed by atoms with Gasteiger partial charge >= 0.3 is 5.69 Å². The molecule has 0 unspecified atom stereocenters. The molecular weight excluding hydrogens is 292 g/mol. The van der Waals surface area contributed by atoms with Gasteiger partial charge < -0.3 is 10.6 Å². The van der Waals surface area contributed by atoms with E-state index in [1.165, 1.54) is 17.7 Å². The number of nitrogens with one attached hydrogen (secondary N) is 2. The van der Waals surface area contributed by atoms with Crippen LogP contribution in [0.15, 0.2) is 39.9 Å². The second-order valence-corrected chi connectivity index (χ2v) is 5.07. The lowest BCUT2D eigenvalue weighted by Gasteiger charge is -2.12. The Morgan fingerprint density at radius 3 is 2.29 bits per heavy atom. The van der Waals surface area contributed by atoms with E-state index < -0.39 is 0 Å². The molecule has 0 aliphatic carbocycles. The Labute approximate surface area is 127 Å². The lowest BCUT2D eigenvalue weighted by Crippen LogP contribution is -2.37. The number of rotatable bonds is 5. The van der Waals surface area contributed by atoms with E-state index in [1.807, 2.05) is 24.3 Å². The fourth-order valence-electron chi connectivity index (χ4n) is 1.87. The fourth-order valence-corrected chi connectivity index (χ4v) is 1.99. The predicted octanol–water partition coefficient (Wildman–Crippen LogP) is 1.26. The molecule has 1 aromatic heterocycles. The van der Waals surface area contributed by atoms with Gasteiger partial charge in [-0.3, -0.25) is 13.9 Å². The van der Waals surface area contributed by atoms with Crippen molar-refractivity contribution in [3.8, 4) is 0 Å². The van der Waals surface area contributed by atoms with E-state index in [2.05, 4.69) is 10.6 Å². The lowest BCUT2D eigenvalue weighted by molar-refractivity contribution is 0.689. The van der Waals surface area contributed by atoms with E-state index >= 15 is 0 Å². The van der Waals surface area contributed by atoms with Gasteiger partial charge in [0.15, 0.2) is 0 Å². The third-order valence-corrected chi connectivity index (χ3v) is 3.38. The Bertz CT molecular complexity index is 734. The minimum Gasteiger partial charge on any atom is -0.383 e. The predicted molar refractivity (Wildman–Crippen MR) is 85.4 cm³/mol. The van der Waals surface area contributed by atoms with Crippen LogP contribution in [-0.4, -0.2) is 22.2 Å². The molecule has 2 aromatic rings. The van der Waals surface area contributed by atoms with Gasteiger partial charge in [-0.05, 0) is 24.3 Å². The molecular formula is C14H17ClN4O2. The summed E-state index contributed by atoms with van der Waals surface area (Å²) in [5.74, 6) is 0.501. The average molecular weight is 309 g/mol. The van der Waals surface area contributed by atoms with Crippen molar-refractivity contribution in [2.24, 2.45) is 14.1 Å². The third-order valence-electron chi connectivity index (χ3n) is 3.13. The van der Waals surface area contributed by atoms with Crippen LogP contribution >= 0.6 is 11.6 Å². The van der Waals surface area contributed by atoms with Crippen LogP contribution in [0.5, 0.6) is 0 Å². The van der Waals surface area contributed by atoms with E-state index in [0.717, 1.165) is 10.3 Å². The molecule has 6 nitrogen and oxygen atoms in total. The Kier molecular flexibility index (Phi) is 4.70. The number of halogens is 1. The number of hydrogen-bond acceptors (Lipinski definition) is 4. The molecule has 0 atom stereocenters. The lowest BCUT2D eigenvalue weighted by atomic mass is 10.3. The summed E-state index contributed by atoms with van der Waals surface area (Å²) in [6.07, 6.45) is 0. The zero-order valence-electron chi connectivity index (χ0n) is 11.9. The average Bonchev–Trinajstić information content (AvgIpc) is 2.48. The van der Waals surface area contributed by atoms with Gasteiger partial charge in [0.2, 0.25) is 0 Å². The molecule has 0 aliphatic heterocycles. The van der Waals surface area contributed by atoms with E-state index in [1.54, 1.807) is 7.05 Å². The minimum absolute atomic E-state index is 0.328. The molecule has 7 heteroatoms. The first-order chi connectivity index (χ1) is 9.99. The number of benzene rings is 1. The highest BCUT2D eigenvalue weighted by Crippen LogP contribution is 2.12. The van der Waals surface area contributed by atoms with Gasteiger partial charge in [-0.1, -0.05) is 11.6 Å². The molecule has 0 saturated heterocycles. The molecule has 0 saturated carbocycles. The summed E-state index contributed by atoms with van der Waals surface area (Å²) < 4.78 is 2.47. The van der Waals surface area contributed by atoms with Crippen molar-refractivity contribution in [3.05, 3.63) is 56.2 Å². The minimum atomic E-state index is -0.351. The van der Waals surface area contributed by atoms with Crippen LogP contribution in [0.4, 0.5) is 11.5 Å². The summed E-state index contributed by atoms with van der Waals surface area (Å²) in [6.45, 7) is 1.22. The standard InChI is InChI=1S/C14H17ClN4O2/c1-18-12(9-13(20)19(2)14(18)21)17-8-7-16-11-5-3-10(15)4-6-11/h3-6,9,16-17H,7-8H2,1-2H3. The first kappa shape index (κ1) is 15.2. The summed E-state index contributed by atoms with van der Waals surface area (Å²) in [5.41, 5.74) is 0.279. The van der Waals surface area contributed by atoms with Crippen LogP contribution in [0.2, 0.25) is 5.02 Å². The topological polar surface area (TPSA) is 68.1 Å². The second-order valence-electron chi connectivity index (χ2n) is 4.63.